The lowest BCUT2D eigenvalue weighted by Gasteiger charge is -2.43. The minimum atomic E-state index is 0.697. The lowest BCUT2D eigenvalue weighted by Crippen LogP contribution is -2.50. The van der Waals surface area contributed by atoms with Gasteiger partial charge < -0.3 is 19.7 Å². The van der Waals surface area contributed by atoms with Gasteiger partial charge in [0.25, 0.3) is 0 Å². The molecule has 0 amide bonds. The van der Waals surface area contributed by atoms with Gasteiger partial charge in [-0.15, -0.1) is 0 Å². The van der Waals surface area contributed by atoms with Crippen molar-refractivity contribution in [1.29, 1.82) is 0 Å². The fraction of sp³-hybridized carbons (Fsp3) is 0.500. The number of imidazole rings is 1. The van der Waals surface area contributed by atoms with Crippen LogP contribution in [0.4, 0.5) is 5.69 Å². The van der Waals surface area contributed by atoms with E-state index in [-0.39, 0.29) is 0 Å². The number of hydrogen-bond donors (Lipinski definition) is 2. The number of aromatic nitrogens is 4. The Morgan fingerprint density at radius 3 is 2.28 bits per heavy atom. The fourth-order valence-electron chi connectivity index (χ4n) is 6.69. The number of aromatic amines is 2. The molecule has 0 spiro atoms. The first-order valence-corrected chi connectivity index (χ1v) is 14.0. The summed E-state index contributed by atoms with van der Waals surface area (Å²) < 4.78 is 0. The lowest BCUT2D eigenvalue weighted by atomic mass is 9.97. The molecule has 0 aliphatic carbocycles. The number of H-pyrrole nitrogens is 2. The van der Waals surface area contributed by atoms with E-state index in [0.29, 0.717) is 5.02 Å². The van der Waals surface area contributed by atoms with Gasteiger partial charge in [0, 0.05) is 41.3 Å². The molecular formula is C28H34ClN7. The molecule has 5 heterocycles. The van der Waals surface area contributed by atoms with Crippen LogP contribution in [0.5, 0.6) is 0 Å². The molecule has 2 aromatic carbocycles. The molecule has 3 saturated heterocycles. The second-order valence-electron chi connectivity index (χ2n) is 10.8. The number of anilines is 1. The standard InChI is InChI=1S/C28H34ClN7/c29-19-3-5-24-23(17-19)27(33-32-24)28-30-25-6-4-22(18-26(25)31-28)36-15-9-21(10-16-36)35-13-7-20(8-14-35)34-11-1-2-12-34/h3-6,17-18,20-21H,1-2,7-16H2,(H,30,31)(H,32,33). The number of nitrogens with one attached hydrogen (secondary N) is 2. The van der Waals surface area contributed by atoms with E-state index in [1.165, 1.54) is 70.4 Å². The normalized spacial score (nSPS) is 21.3. The van der Waals surface area contributed by atoms with Crippen LogP contribution in [-0.4, -0.2) is 81.3 Å². The van der Waals surface area contributed by atoms with Crippen molar-refractivity contribution in [3.05, 3.63) is 41.4 Å². The Kier molecular flexibility index (Phi) is 5.87. The molecule has 7 nitrogen and oxygen atoms in total. The second kappa shape index (κ2) is 9.36. The van der Waals surface area contributed by atoms with Crippen molar-refractivity contribution in [3.8, 4) is 11.5 Å². The molecule has 0 atom stereocenters. The zero-order chi connectivity index (χ0) is 24.1. The Bertz CT molecular complexity index is 1360. The number of piperidine rings is 2. The summed E-state index contributed by atoms with van der Waals surface area (Å²) in [5.41, 5.74) is 5.05. The number of nitrogens with zero attached hydrogens (tertiary/aromatic N) is 5. The topological polar surface area (TPSA) is 67.1 Å². The first-order chi connectivity index (χ1) is 17.7. The van der Waals surface area contributed by atoms with Gasteiger partial charge in [-0.1, -0.05) is 11.6 Å². The SMILES string of the molecule is Clc1ccc2[nH]nc(-c3nc4ccc(N5CCC(N6CCC(N7CCCC7)CC6)CC5)cc4[nH]3)c2c1. The van der Waals surface area contributed by atoms with Crippen LogP contribution in [0.2, 0.25) is 5.02 Å². The molecule has 36 heavy (non-hydrogen) atoms. The van der Waals surface area contributed by atoms with E-state index < -0.39 is 0 Å². The fourth-order valence-corrected chi connectivity index (χ4v) is 6.86. The highest BCUT2D eigenvalue weighted by Crippen LogP contribution is 2.31. The van der Waals surface area contributed by atoms with Gasteiger partial charge in [0.2, 0.25) is 0 Å². The van der Waals surface area contributed by atoms with Gasteiger partial charge in [-0.05, 0) is 101 Å². The molecule has 7 rings (SSSR count). The van der Waals surface area contributed by atoms with Gasteiger partial charge >= 0.3 is 0 Å². The lowest BCUT2D eigenvalue weighted by molar-refractivity contribution is 0.0859. The Labute approximate surface area is 216 Å². The third-order valence-electron chi connectivity index (χ3n) is 8.72. The van der Waals surface area contributed by atoms with Gasteiger partial charge in [-0.25, -0.2) is 4.98 Å². The van der Waals surface area contributed by atoms with Crippen molar-refractivity contribution in [2.45, 2.75) is 50.6 Å². The smallest absolute Gasteiger partial charge is 0.159 e. The number of rotatable bonds is 4. The van der Waals surface area contributed by atoms with Gasteiger partial charge in [-0.2, -0.15) is 5.10 Å². The Morgan fingerprint density at radius 2 is 1.50 bits per heavy atom. The Balaban J connectivity index is 1.02. The summed E-state index contributed by atoms with van der Waals surface area (Å²) in [4.78, 5) is 16.4. The molecule has 0 radical (unpaired) electrons. The predicted octanol–water partition coefficient (Wildman–Crippen LogP) is 5.29. The van der Waals surface area contributed by atoms with E-state index >= 15 is 0 Å². The van der Waals surface area contributed by atoms with Crippen LogP contribution in [0.3, 0.4) is 0 Å². The number of hydrogen-bond acceptors (Lipinski definition) is 5. The summed E-state index contributed by atoms with van der Waals surface area (Å²) in [6.07, 6.45) is 8.02. The summed E-state index contributed by atoms with van der Waals surface area (Å²) >= 11 is 6.23. The molecule has 4 aromatic rings. The predicted molar refractivity (Wildman–Crippen MR) is 147 cm³/mol. The van der Waals surface area contributed by atoms with E-state index in [9.17, 15) is 0 Å². The van der Waals surface area contributed by atoms with Crippen LogP contribution in [0, 0.1) is 0 Å². The van der Waals surface area contributed by atoms with E-state index in [1.807, 2.05) is 18.2 Å². The third kappa shape index (κ3) is 4.17. The van der Waals surface area contributed by atoms with Crippen LogP contribution in [0.25, 0.3) is 33.5 Å². The van der Waals surface area contributed by atoms with Crippen molar-refractivity contribution in [3.63, 3.8) is 0 Å². The molecule has 2 N–H and O–H groups in total. The average Bonchev–Trinajstić information content (AvgIpc) is 3.68. The van der Waals surface area contributed by atoms with Gasteiger partial charge in [0.05, 0.1) is 16.6 Å². The van der Waals surface area contributed by atoms with E-state index in [4.69, 9.17) is 16.6 Å². The molecule has 0 saturated carbocycles. The molecule has 2 aromatic heterocycles. The summed E-state index contributed by atoms with van der Waals surface area (Å²) in [7, 11) is 0. The van der Waals surface area contributed by atoms with Crippen molar-refractivity contribution in [1.82, 2.24) is 30.0 Å². The molecule has 188 valence electrons. The molecule has 0 bridgehead atoms. The zero-order valence-electron chi connectivity index (χ0n) is 20.7. The highest BCUT2D eigenvalue weighted by molar-refractivity contribution is 6.31. The van der Waals surface area contributed by atoms with Crippen molar-refractivity contribution >= 4 is 39.2 Å². The minimum absolute atomic E-state index is 0.697. The molecule has 3 fully saturated rings. The monoisotopic (exact) mass is 503 g/mol. The van der Waals surface area contributed by atoms with Crippen LogP contribution in [0.1, 0.15) is 38.5 Å². The highest BCUT2D eigenvalue weighted by Gasteiger charge is 2.31. The van der Waals surface area contributed by atoms with E-state index in [2.05, 4.69) is 48.1 Å². The zero-order valence-corrected chi connectivity index (χ0v) is 21.5. The molecule has 3 aliphatic rings. The quantitative estimate of drug-likeness (QED) is 0.396. The third-order valence-corrected chi connectivity index (χ3v) is 8.95. The highest BCUT2D eigenvalue weighted by atomic mass is 35.5. The van der Waals surface area contributed by atoms with E-state index in [0.717, 1.165) is 58.6 Å². The summed E-state index contributed by atoms with van der Waals surface area (Å²) in [5.74, 6) is 0.770. The number of benzene rings is 2. The van der Waals surface area contributed by atoms with Crippen molar-refractivity contribution < 1.29 is 0 Å². The maximum Gasteiger partial charge on any atom is 0.159 e. The number of halogens is 1. The molecular weight excluding hydrogens is 470 g/mol. The van der Waals surface area contributed by atoms with Crippen LogP contribution in [-0.2, 0) is 0 Å². The Hall–Kier alpha value is -2.61. The first kappa shape index (κ1) is 22.6. The largest absolute Gasteiger partial charge is 0.371 e. The number of likely N-dealkylation sites (tertiary alicyclic amines) is 2. The molecule has 0 unspecified atom stereocenters. The summed E-state index contributed by atoms with van der Waals surface area (Å²) in [5, 5.41) is 9.26. The summed E-state index contributed by atoms with van der Waals surface area (Å²) in [6, 6.07) is 13.9. The van der Waals surface area contributed by atoms with Gasteiger partial charge in [0.1, 0.15) is 5.69 Å². The van der Waals surface area contributed by atoms with Crippen molar-refractivity contribution in [2.24, 2.45) is 0 Å². The van der Waals surface area contributed by atoms with E-state index in [1.54, 1.807) is 0 Å². The van der Waals surface area contributed by atoms with Gasteiger partial charge in [-0.3, -0.25) is 5.10 Å². The van der Waals surface area contributed by atoms with Gasteiger partial charge in [0.15, 0.2) is 5.82 Å². The van der Waals surface area contributed by atoms with Crippen LogP contribution in [0.15, 0.2) is 36.4 Å². The minimum Gasteiger partial charge on any atom is -0.371 e. The molecule has 3 aliphatic heterocycles. The average molecular weight is 504 g/mol. The first-order valence-electron chi connectivity index (χ1n) is 13.6. The van der Waals surface area contributed by atoms with Crippen LogP contribution >= 0.6 is 11.6 Å². The Morgan fingerprint density at radius 1 is 0.778 bits per heavy atom. The number of fused-ring (bicyclic) bond motifs is 2. The second-order valence-corrected chi connectivity index (χ2v) is 11.2. The molecule has 8 heteroatoms. The van der Waals surface area contributed by atoms with Crippen LogP contribution < -0.4 is 4.90 Å². The maximum absolute atomic E-state index is 6.23. The summed E-state index contributed by atoms with van der Waals surface area (Å²) in [6.45, 7) is 7.46. The maximum atomic E-state index is 6.23. The van der Waals surface area contributed by atoms with Crippen molar-refractivity contribution in [2.75, 3.05) is 44.2 Å².